The van der Waals surface area contributed by atoms with Crippen LogP contribution in [0.4, 0.5) is 4.39 Å². The first-order chi connectivity index (χ1) is 14.4. The van der Waals surface area contributed by atoms with E-state index in [0.717, 1.165) is 74.4 Å². The summed E-state index contributed by atoms with van der Waals surface area (Å²) in [5.41, 5.74) is 2.65. The van der Waals surface area contributed by atoms with Gasteiger partial charge in [-0.15, -0.1) is 0 Å². The quantitative estimate of drug-likeness (QED) is 0.533. The number of guanidine groups is 1. The molecule has 1 fully saturated rings. The Hall–Kier alpha value is -2.41. The number of aliphatic imine (C=N–C) groups is 1. The molecule has 1 aromatic carbocycles. The second-order valence-electron chi connectivity index (χ2n) is 8.13. The maximum atomic E-state index is 13.4. The van der Waals surface area contributed by atoms with Gasteiger partial charge in [0.15, 0.2) is 5.96 Å². The summed E-state index contributed by atoms with van der Waals surface area (Å²) < 4.78 is 19.2. The summed E-state index contributed by atoms with van der Waals surface area (Å²) in [6.07, 6.45) is 2.28. The average Bonchev–Trinajstić information content (AvgIpc) is 3.04. The first-order valence-corrected chi connectivity index (χ1v) is 10.9. The Morgan fingerprint density at radius 3 is 2.63 bits per heavy atom. The van der Waals surface area contributed by atoms with E-state index in [1.54, 1.807) is 13.0 Å². The molecule has 0 bridgehead atoms. The summed E-state index contributed by atoms with van der Waals surface area (Å²) in [7, 11) is 0. The SMILES string of the molecule is CCNC(=NCc1ccc(F)c(C)c1)NCC1CCN(Cc2nc(C)c(C)o2)CC1. The van der Waals surface area contributed by atoms with Crippen molar-refractivity contribution in [3.05, 3.63) is 52.5 Å². The van der Waals surface area contributed by atoms with Crippen LogP contribution in [0.15, 0.2) is 27.6 Å². The highest BCUT2D eigenvalue weighted by Gasteiger charge is 2.21. The number of nitrogens with zero attached hydrogens (tertiary/aromatic N) is 3. The highest BCUT2D eigenvalue weighted by molar-refractivity contribution is 5.79. The van der Waals surface area contributed by atoms with E-state index in [1.165, 1.54) is 6.07 Å². The lowest BCUT2D eigenvalue weighted by Gasteiger charge is -2.31. The van der Waals surface area contributed by atoms with Gasteiger partial charge in [0, 0.05) is 13.1 Å². The molecule has 164 valence electrons. The van der Waals surface area contributed by atoms with E-state index in [2.05, 4.69) is 32.4 Å². The predicted molar refractivity (Wildman–Crippen MR) is 118 cm³/mol. The molecular formula is C23H34FN5O. The largest absolute Gasteiger partial charge is 0.444 e. The molecule has 0 saturated carbocycles. The van der Waals surface area contributed by atoms with Gasteiger partial charge in [0.2, 0.25) is 5.89 Å². The number of likely N-dealkylation sites (tertiary alicyclic amines) is 1. The van der Waals surface area contributed by atoms with Gasteiger partial charge in [-0.25, -0.2) is 14.4 Å². The number of oxazole rings is 1. The van der Waals surface area contributed by atoms with Crippen molar-refractivity contribution in [3.8, 4) is 0 Å². The van der Waals surface area contributed by atoms with Gasteiger partial charge < -0.3 is 15.1 Å². The monoisotopic (exact) mass is 415 g/mol. The fourth-order valence-electron chi connectivity index (χ4n) is 3.71. The molecule has 0 radical (unpaired) electrons. The summed E-state index contributed by atoms with van der Waals surface area (Å²) in [5, 5.41) is 6.78. The summed E-state index contributed by atoms with van der Waals surface area (Å²) >= 11 is 0. The number of piperidine rings is 1. The van der Waals surface area contributed by atoms with Crippen LogP contribution in [-0.2, 0) is 13.1 Å². The van der Waals surface area contributed by atoms with Crippen molar-refractivity contribution in [3.63, 3.8) is 0 Å². The smallest absolute Gasteiger partial charge is 0.208 e. The van der Waals surface area contributed by atoms with Crippen molar-refractivity contribution < 1.29 is 8.81 Å². The first kappa shape index (κ1) is 22.3. The molecule has 6 nitrogen and oxygen atoms in total. The number of aryl methyl sites for hydroxylation is 3. The third-order valence-corrected chi connectivity index (χ3v) is 5.68. The van der Waals surface area contributed by atoms with Crippen LogP contribution in [0.2, 0.25) is 0 Å². The number of benzene rings is 1. The summed E-state index contributed by atoms with van der Waals surface area (Å²) in [4.78, 5) is 11.6. The third-order valence-electron chi connectivity index (χ3n) is 5.68. The second-order valence-corrected chi connectivity index (χ2v) is 8.13. The normalized spacial score (nSPS) is 16.1. The van der Waals surface area contributed by atoms with Crippen LogP contribution >= 0.6 is 0 Å². The Balaban J connectivity index is 1.45. The molecular weight excluding hydrogens is 381 g/mol. The van der Waals surface area contributed by atoms with Crippen molar-refractivity contribution in [2.75, 3.05) is 26.2 Å². The lowest BCUT2D eigenvalue weighted by Crippen LogP contribution is -2.42. The Labute approximate surface area is 179 Å². The fraction of sp³-hybridized carbons (Fsp3) is 0.565. The second kappa shape index (κ2) is 10.6. The van der Waals surface area contributed by atoms with E-state index in [1.807, 2.05) is 19.9 Å². The minimum atomic E-state index is -0.174. The Kier molecular flexibility index (Phi) is 7.85. The molecule has 0 atom stereocenters. The van der Waals surface area contributed by atoms with Gasteiger partial charge in [-0.2, -0.15) is 0 Å². The van der Waals surface area contributed by atoms with Crippen LogP contribution in [0.5, 0.6) is 0 Å². The molecule has 2 heterocycles. The van der Waals surface area contributed by atoms with Crippen molar-refractivity contribution in [1.29, 1.82) is 0 Å². The van der Waals surface area contributed by atoms with E-state index >= 15 is 0 Å². The number of aromatic nitrogens is 1. The molecule has 2 aromatic rings. The van der Waals surface area contributed by atoms with Crippen molar-refractivity contribution >= 4 is 5.96 Å². The third kappa shape index (κ3) is 6.29. The number of nitrogens with one attached hydrogen (secondary N) is 2. The van der Waals surface area contributed by atoms with Crippen LogP contribution in [0.1, 0.15) is 48.2 Å². The number of hydrogen-bond acceptors (Lipinski definition) is 4. The lowest BCUT2D eigenvalue weighted by molar-refractivity contribution is 0.164. The molecule has 0 amide bonds. The van der Waals surface area contributed by atoms with Crippen molar-refractivity contribution in [1.82, 2.24) is 20.5 Å². The van der Waals surface area contributed by atoms with E-state index in [9.17, 15) is 4.39 Å². The summed E-state index contributed by atoms with van der Waals surface area (Å²) in [6.45, 7) is 12.9. The van der Waals surface area contributed by atoms with Crippen molar-refractivity contribution in [2.45, 2.75) is 53.6 Å². The molecule has 1 saturated heterocycles. The molecule has 1 aliphatic heterocycles. The molecule has 0 unspecified atom stereocenters. The summed E-state index contributed by atoms with van der Waals surface area (Å²) in [6, 6.07) is 5.16. The van der Waals surface area contributed by atoms with Crippen LogP contribution in [0, 0.1) is 32.5 Å². The molecule has 2 N–H and O–H groups in total. The van der Waals surface area contributed by atoms with Gasteiger partial charge in [-0.3, -0.25) is 4.90 Å². The number of halogens is 1. The highest BCUT2D eigenvalue weighted by Crippen LogP contribution is 2.19. The lowest BCUT2D eigenvalue weighted by atomic mass is 9.97. The van der Waals surface area contributed by atoms with E-state index < -0.39 is 0 Å². The maximum absolute atomic E-state index is 13.4. The zero-order valence-electron chi connectivity index (χ0n) is 18.6. The van der Waals surface area contributed by atoms with Crippen molar-refractivity contribution in [2.24, 2.45) is 10.9 Å². The summed E-state index contributed by atoms with van der Waals surface area (Å²) in [5.74, 6) is 2.99. The highest BCUT2D eigenvalue weighted by atomic mass is 19.1. The van der Waals surface area contributed by atoms with Crippen LogP contribution in [0.3, 0.4) is 0 Å². The van der Waals surface area contributed by atoms with Gasteiger partial charge in [0.05, 0.1) is 18.8 Å². The molecule has 30 heavy (non-hydrogen) atoms. The van der Waals surface area contributed by atoms with Crippen LogP contribution in [0.25, 0.3) is 0 Å². The minimum Gasteiger partial charge on any atom is -0.444 e. The van der Waals surface area contributed by atoms with E-state index in [0.29, 0.717) is 18.0 Å². The van der Waals surface area contributed by atoms with E-state index in [-0.39, 0.29) is 5.82 Å². The molecule has 7 heteroatoms. The van der Waals surface area contributed by atoms with Crippen LogP contribution in [-0.4, -0.2) is 42.0 Å². The Bertz CT molecular complexity index is 836. The number of hydrogen-bond donors (Lipinski definition) is 2. The molecule has 0 aliphatic carbocycles. The van der Waals surface area contributed by atoms with Gasteiger partial charge in [0.1, 0.15) is 11.6 Å². The molecule has 1 aliphatic rings. The molecule has 1 aromatic heterocycles. The van der Waals surface area contributed by atoms with E-state index in [4.69, 9.17) is 4.42 Å². The van der Waals surface area contributed by atoms with Gasteiger partial charge in [0.25, 0.3) is 0 Å². The predicted octanol–water partition coefficient (Wildman–Crippen LogP) is 3.71. The Morgan fingerprint density at radius 2 is 2.00 bits per heavy atom. The zero-order valence-corrected chi connectivity index (χ0v) is 18.6. The molecule has 3 rings (SSSR count). The fourth-order valence-corrected chi connectivity index (χ4v) is 3.71. The zero-order chi connectivity index (χ0) is 21.5. The topological polar surface area (TPSA) is 65.7 Å². The molecule has 0 spiro atoms. The maximum Gasteiger partial charge on any atom is 0.208 e. The van der Waals surface area contributed by atoms with Gasteiger partial charge >= 0.3 is 0 Å². The van der Waals surface area contributed by atoms with Gasteiger partial charge in [-0.05, 0) is 76.7 Å². The standard InChI is InChI=1S/C23H34FN5O/c1-5-25-23(27-14-20-6-7-21(24)16(2)12-20)26-13-19-8-10-29(11-9-19)15-22-28-17(3)18(4)30-22/h6-7,12,19H,5,8-11,13-15H2,1-4H3,(H2,25,26,27). The van der Waals surface area contributed by atoms with Gasteiger partial charge in [-0.1, -0.05) is 12.1 Å². The number of rotatable bonds is 7. The Morgan fingerprint density at radius 1 is 1.23 bits per heavy atom. The van der Waals surface area contributed by atoms with Crippen LogP contribution < -0.4 is 10.6 Å². The average molecular weight is 416 g/mol. The first-order valence-electron chi connectivity index (χ1n) is 10.9. The minimum absolute atomic E-state index is 0.174.